The molecule has 3 aromatic heterocycles. The largest absolute Gasteiger partial charge is 0.382 e. The van der Waals surface area contributed by atoms with Gasteiger partial charge in [0, 0.05) is 68.2 Å². The van der Waals surface area contributed by atoms with Crippen molar-refractivity contribution in [3.05, 3.63) is 103 Å². The van der Waals surface area contributed by atoms with Gasteiger partial charge in [0.2, 0.25) is 6.41 Å². The maximum absolute atomic E-state index is 11.1. The molecule has 3 aromatic carbocycles. The minimum Gasteiger partial charge on any atom is -0.382 e. The summed E-state index contributed by atoms with van der Waals surface area (Å²) < 4.78 is 4.43. The van der Waals surface area contributed by atoms with Crippen LogP contribution in [0.15, 0.2) is 91.3 Å². The van der Waals surface area contributed by atoms with Crippen LogP contribution >= 0.6 is 0 Å². The summed E-state index contributed by atoms with van der Waals surface area (Å²) >= 11 is 0. The quantitative estimate of drug-likeness (QED) is 0.264. The van der Waals surface area contributed by atoms with Crippen LogP contribution in [-0.2, 0) is 11.3 Å². The van der Waals surface area contributed by atoms with Crippen LogP contribution in [0.4, 0.5) is 5.82 Å². The molecule has 1 saturated carbocycles. The highest BCUT2D eigenvalue weighted by Gasteiger charge is 2.38. The first-order valence-corrected chi connectivity index (χ1v) is 15.3. The first-order chi connectivity index (χ1) is 21.7. The van der Waals surface area contributed by atoms with Gasteiger partial charge in [0.05, 0.1) is 11.0 Å². The summed E-state index contributed by atoms with van der Waals surface area (Å²) in [6, 6.07) is 27.8. The summed E-state index contributed by atoms with van der Waals surface area (Å²) in [5.41, 5.74) is 13.5. The maximum atomic E-state index is 11.1. The number of nitrogen functional groups attached to an aromatic ring is 1. The highest BCUT2D eigenvalue weighted by Crippen LogP contribution is 2.42. The van der Waals surface area contributed by atoms with E-state index < -0.39 is 0 Å². The number of piperazine rings is 1. The van der Waals surface area contributed by atoms with Gasteiger partial charge in [0.1, 0.15) is 28.7 Å². The van der Waals surface area contributed by atoms with Crippen molar-refractivity contribution >= 4 is 28.8 Å². The molecular formula is C35H34N8O. The Morgan fingerprint density at radius 1 is 0.864 bits per heavy atom. The fourth-order valence-corrected chi connectivity index (χ4v) is 6.89. The third-order valence-corrected chi connectivity index (χ3v) is 9.34. The Morgan fingerprint density at radius 3 is 2.36 bits per heavy atom. The minimum absolute atomic E-state index is 0.339. The van der Waals surface area contributed by atoms with Crippen molar-refractivity contribution < 1.29 is 4.79 Å². The third-order valence-electron chi connectivity index (χ3n) is 9.34. The number of carbonyl (C=O) groups is 1. The number of benzene rings is 3. The Kier molecular flexibility index (Phi) is 6.60. The number of anilines is 1. The fourth-order valence-electron chi connectivity index (χ4n) is 6.89. The van der Waals surface area contributed by atoms with Crippen LogP contribution in [0.1, 0.15) is 30.1 Å². The van der Waals surface area contributed by atoms with E-state index in [4.69, 9.17) is 15.7 Å². The second-order valence-corrected chi connectivity index (χ2v) is 11.9. The van der Waals surface area contributed by atoms with E-state index in [0.29, 0.717) is 17.8 Å². The molecule has 6 aromatic rings. The van der Waals surface area contributed by atoms with Gasteiger partial charge >= 0.3 is 0 Å². The predicted molar refractivity (Wildman–Crippen MR) is 172 cm³/mol. The number of amides is 1. The van der Waals surface area contributed by atoms with Crippen molar-refractivity contribution in [1.29, 1.82) is 0 Å². The lowest BCUT2D eigenvalue weighted by Crippen LogP contribution is -2.53. The van der Waals surface area contributed by atoms with Gasteiger partial charge in [-0.05, 0) is 30.5 Å². The van der Waals surface area contributed by atoms with Crippen molar-refractivity contribution in [1.82, 2.24) is 33.7 Å². The van der Waals surface area contributed by atoms with Crippen LogP contribution in [0, 0.1) is 0 Å². The number of aromatic nitrogens is 5. The molecule has 2 N–H and O–H groups in total. The van der Waals surface area contributed by atoms with Crippen LogP contribution in [0.25, 0.3) is 39.2 Å². The van der Waals surface area contributed by atoms with Crippen LogP contribution < -0.4 is 5.73 Å². The first kappa shape index (κ1) is 26.6. The van der Waals surface area contributed by atoms with E-state index in [1.54, 1.807) is 6.20 Å². The number of fused-ring (bicyclic) bond motifs is 2. The van der Waals surface area contributed by atoms with Crippen molar-refractivity contribution in [3.63, 3.8) is 0 Å². The molecule has 0 spiro atoms. The molecular weight excluding hydrogens is 548 g/mol. The number of nitrogens with zero attached hydrogens (tertiary/aromatic N) is 7. The molecule has 0 radical (unpaired) electrons. The zero-order valence-corrected chi connectivity index (χ0v) is 24.5. The Morgan fingerprint density at radius 2 is 1.61 bits per heavy atom. The van der Waals surface area contributed by atoms with E-state index in [1.165, 1.54) is 5.56 Å². The molecule has 0 atom stereocenters. The van der Waals surface area contributed by atoms with Gasteiger partial charge in [-0.15, -0.1) is 0 Å². The number of imidazole rings is 2. The zero-order chi connectivity index (χ0) is 29.6. The van der Waals surface area contributed by atoms with Gasteiger partial charge in [-0.25, -0.2) is 15.0 Å². The predicted octanol–water partition coefficient (Wildman–Crippen LogP) is 5.06. The van der Waals surface area contributed by atoms with Gasteiger partial charge in [0.15, 0.2) is 0 Å². The van der Waals surface area contributed by atoms with Gasteiger partial charge in [-0.2, -0.15) is 0 Å². The van der Waals surface area contributed by atoms with Crippen molar-refractivity contribution in [2.45, 2.75) is 31.3 Å². The number of hydrogen-bond donors (Lipinski definition) is 1. The molecule has 4 heterocycles. The lowest BCUT2D eigenvalue weighted by atomic mass is 9.78. The number of rotatable bonds is 7. The third kappa shape index (κ3) is 4.60. The van der Waals surface area contributed by atoms with Gasteiger partial charge in [-0.3, -0.25) is 14.1 Å². The summed E-state index contributed by atoms with van der Waals surface area (Å²) in [4.78, 5) is 30.4. The van der Waals surface area contributed by atoms with E-state index in [2.05, 4.69) is 85.6 Å². The number of hydrogen-bond acceptors (Lipinski definition) is 6. The topological polar surface area (TPSA) is 97.6 Å². The molecule has 8 rings (SSSR count). The fraction of sp³-hybridized carbons (Fsp3) is 0.257. The maximum Gasteiger partial charge on any atom is 0.209 e. The summed E-state index contributed by atoms with van der Waals surface area (Å²) in [5, 5.41) is 0. The zero-order valence-electron chi connectivity index (χ0n) is 24.5. The Bertz CT molecular complexity index is 1950. The standard InChI is InChI=1S/C35H34N8O/c36-33-32-31(39-35(42(32)14-13-37-33)27-19-28(20-27)41-17-15-40(23-44)16-18-41)26-11-12-30-29(21-26)38-34(25-9-5-2-6-10-25)43(30)22-24-7-3-1-4-8-24/h1-14,21,23,27-28H,15-20,22H2,(H2,36,37)/t27-,28+. The average molecular weight is 583 g/mol. The Balaban J connectivity index is 1.16. The molecule has 1 amide bonds. The Hall–Kier alpha value is -5.02. The normalized spacial score (nSPS) is 19.0. The number of carbonyl (C=O) groups excluding carboxylic acids is 1. The van der Waals surface area contributed by atoms with Gasteiger partial charge in [-0.1, -0.05) is 66.7 Å². The SMILES string of the molecule is Nc1nccn2c1c(-c1ccc3c(c1)nc(-c1ccccc1)n3Cc1ccccc1)nc2[C@H]1C[C@@H](N2CCN(C=O)CC2)C1. The van der Waals surface area contributed by atoms with Crippen LogP contribution in [0.2, 0.25) is 0 Å². The van der Waals surface area contributed by atoms with E-state index in [0.717, 1.165) is 97.0 Å². The first-order valence-electron chi connectivity index (χ1n) is 15.3. The summed E-state index contributed by atoms with van der Waals surface area (Å²) in [6.45, 7) is 4.20. The van der Waals surface area contributed by atoms with Crippen molar-refractivity contribution in [2.24, 2.45) is 0 Å². The van der Waals surface area contributed by atoms with E-state index in [9.17, 15) is 4.79 Å². The molecule has 2 aliphatic rings. The smallest absolute Gasteiger partial charge is 0.209 e. The lowest BCUT2D eigenvalue weighted by Gasteiger charge is -2.45. The summed E-state index contributed by atoms with van der Waals surface area (Å²) in [5.74, 6) is 2.78. The van der Waals surface area contributed by atoms with E-state index >= 15 is 0 Å². The highest BCUT2D eigenvalue weighted by molar-refractivity contribution is 5.91. The highest BCUT2D eigenvalue weighted by atomic mass is 16.1. The van der Waals surface area contributed by atoms with Crippen molar-refractivity contribution in [3.8, 4) is 22.6 Å². The van der Waals surface area contributed by atoms with Crippen LogP contribution in [-0.4, -0.2) is 72.4 Å². The van der Waals surface area contributed by atoms with Crippen LogP contribution in [0.3, 0.4) is 0 Å². The lowest BCUT2D eigenvalue weighted by molar-refractivity contribution is -0.120. The molecule has 1 aliphatic heterocycles. The monoisotopic (exact) mass is 582 g/mol. The molecule has 9 heteroatoms. The molecule has 9 nitrogen and oxygen atoms in total. The molecule has 220 valence electrons. The molecule has 1 aliphatic carbocycles. The molecule has 0 bridgehead atoms. The minimum atomic E-state index is 0.339. The summed E-state index contributed by atoms with van der Waals surface area (Å²) in [6.07, 6.45) is 6.79. The molecule has 1 saturated heterocycles. The Labute approximate surface area is 255 Å². The van der Waals surface area contributed by atoms with Gasteiger partial charge in [0.25, 0.3) is 0 Å². The molecule has 2 fully saturated rings. The summed E-state index contributed by atoms with van der Waals surface area (Å²) in [7, 11) is 0. The second kappa shape index (κ2) is 10.9. The molecule has 0 unspecified atom stereocenters. The van der Waals surface area contributed by atoms with Crippen LogP contribution in [0.5, 0.6) is 0 Å². The molecule has 44 heavy (non-hydrogen) atoms. The number of nitrogens with two attached hydrogens (primary N) is 1. The average Bonchev–Trinajstić information content (AvgIpc) is 3.61. The van der Waals surface area contributed by atoms with Crippen molar-refractivity contribution in [2.75, 3.05) is 31.9 Å². The van der Waals surface area contributed by atoms with E-state index in [-0.39, 0.29) is 0 Å². The van der Waals surface area contributed by atoms with Gasteiger partial charge < -0.3 is 15.2 Å². The second-order valence-electron chi connectivity index (χ2n) is 11.9. The van der Waals surface area contributed by atoms with E-state index in [1.807, 2.05) is 23.2 Å².